The van der Waals surface area contributed by atoms with Gasteiger partial charge in [0.25, 0.3) is 0 Å². The van der Waals surface area contributed by atoms with Crippen molar-refractivity contribution >= 4 is 44.8 Å². The van der Waals surface area contributed by atoms with Gasteiger partial charge in [-0.2, -0.15) is 10.5 Å². The van der Waals surface area contributed by atoms with Gasteiger partial charge in [0.2, 0.25) is 0 Å². The number of hydrogen-bond acceptors (Lipinski definition) is 8. The Morgan fingerprint density at radius 1 is 0.902 bits per heavy atom. The number of hydrogen-bond donors (Lipinski definition) is 0. The minimum absolute atomic E-state index is 0.160. The summed E-state index contributed by atoms with van der Waals surface area (Å²) >= 11 is 0. The highest BCUT2D eigenvalue weighted by Crippen LogP contribution is 2.18. The highest BCUT2D eigenvalue weighted by atomic mass is 16.5. The SMILES string of the molecule is CCCCCCOC(=O)C/C(C#N)=c1\c2ccccc2/c(=C(\C#N)C(=O)OCC(CC)CCCC)c2ncncc12. The Bertz CT molecular complexity index is 1520. The van der Waals surface area contributed by atoms with Crippen LogP contribution in [0.25, 0.3) is 32.8 Å². The molecule has 0 aliphatic rings. The van der Waals surface area contributed by atoms with E-state index in [2.05, 4.69) is 42.9 Å². The maximum Gasteiger partial charge on any atom is 0.349 e. The standard InChI is InChI=1S/C33H38N4O4/c1-4-7-9-12-16-40-29(38)17-24(18-34)30-25-14-10-11-15-26(25)31(32-28(30)20-36-22-37-32)27(19-35)33(39)41-21-23(6-3)13-8-5-2/h10-11,14-15,20,22-23H,4-9,12-13,16-17,21H2,1-3H3/b30-24-,31-27-. The lowest BCUT2D eigenvalue weighted by molar-refractivity contribution is -0.142. The lowest BCUT2D eigenvalue weighted by Gasteiger charge is -2.15. The van der Waals surface area contributed by atoms with E-state index in [1.165, 1.54) is 6.33 Å². The second kappa shape index (κ2) is 16.1. The van der Waals surface area contributed by atoms with E-state index < -0.39 is 11.9 Å². The summed E-state index contributed by atoms with van der Waals surface area (Å²) in [5, 5.41) is 22.7. The molecule has 0 saturated heterocycles. The van der Waals surface area contributed by atoms with Crippen LogP contribution in [0.3, 0.4) is 0 Å². The summed E-state index contributed by atoms with van der Waals surface area (Å²) in [6, 6.07) is 11.4. The smallest absolute Gasteiger partial charge is 0.349 e. The van der Waals surface area contributed by atoms with Gasteiger partial charge in [0, 0.05) is 27.6 Å². The molecule has 8 heteroatoms. The van der Waals surface area contributed by atoms with Crippen LogP contribution in [0.2, 0.25) is 0 Å². The number of fused-ring (bicyclic) bond motifs is 2. The Balaban J connectivity index is 2.17. The zero-order chi connectivity index (χ0) is 29.6. The molecule has 41 heavy (non-hydrogen) atoms. The fraction of sp³-hybridized carbons (Fsp3) is 0.455. The highest BCUT2D eigenvalue weighted by molar-refractivity contribution is 6.19. The number of nitrogens with zero attached hydrogens (tertiary/aromatic N) is 4. The summed E-state index contributed by atoms with van der Waals surface area (Å²) < 4.78 is 11.1. The number of benzene rings is 2. The summed E-state index contributed by atoms with van der Waals surface area (Å²) in [7, 11) is 0. The van der Waals surface area contributed by atoms with Crippen molar-refractivity contribution in [1.29, 1.82) is 10.5 Å². The lowest BCUT2D eigenvalue weighted by atomic mass is 9.95. The number of ether oxygens (including phenoxy) is 2. The summed E-state index contributed by atoms with van der Waals surface area (Å²) in [6.07, 6.45) is 10.5. The molecule has 0 aliphatic heterocycles. The van der Waals surface area contributed by atoms with Gasteiger partial charge in [0.15, 0.2) is 0 Å². The molecule has 8 nitrogen and oxygen atoms in total. The second-order valence-electron chi connectivity index (χ2n) is 10.1. The monoisotopic (exact) mass is 554 g/mol. The van der Waals surface area contributed by atoms with E-state index >= 15 is 0 Å². The van der Waals surface area contributed by atoms with Gasteiger partial charge in [0.1, 0.15) is 18.0 Å². The van der Waals surface area contributed by atoms with E-state index in [-0.39, 0.29) is 30.1 Å². The Morgan fingerprint density at radius 3 is 2.29 bits per heavy atom. The molecule has 1 heterocycles. The molecule has 1 atom stereocenters. The molecule has 0 spiro atoms. The molecule has 0 saturated carbocycles. The number of carbonyl (C=O) groups is 2. The van der Waals surface area contributed by atoms with Crippen LogP contribution in [-0.4, -0.2) is 35.1 Å². The minimum Gasteiger partial charge on any atom is -0.465 e. The first-order valence-electron chi connectivity index (χ1n) is 14.5. The molecule has 0 fully saturated rings. The van der Waals surface area contributed by atoms with Crippen LogP contribution in [0.15, 0.2) is 36.8 Å². The van der Waals surface area contributed by atoms with E-state index in [0.717, 1.165) is 51.4 Å². The van der Waals surface area contributed by atoms with E-state index in [4.69, 9.17) is 9.47 Å². The average molecular weight is 555 g/mol. The lowest BCUT2D eigenvalue weighted by Crippen LogP contribution is -2.24. The number of nitriles is 2. The predicted octanol–water partition coefficient (Wildman–Crippen LogP) is 5.40. The predicted molar refractivity (Wildman–Crippen MR) is 158 cm³/mol. The summed E-state index contributed by atoms with van der Waals surface area (Å²) in [4.78, 5) is 34.6. The molecule has 1 aromatic heterocycles. The van der Waals surface area contributed by atoms with Crippen molar-refractivity contribution < 1.29 is 19.1 Å². The largest absolute Gasteiger partial charge is 0.465 e. The van der Waals surface area contributed by atoms with Gasteiger partial charge in [-0.1, -0.05) is 83.6 Å². The molecule has 0 radical (unpaired) electrons. The van der Waals surface area contributed by atoms with E-state index in [0.29, 0.717) is 38.7 Å². The molecular formula is C33H38N4O4. The van der Waals surface area contributed by atoms with Crippen molar-refractivity contribution in [2.75, 3.05) is 13.2 Å². The zero-order valence-corrected chi connectivity index (χ0v) is 24.2. The summed E-state index contributed by atoms with van der Waals surface area (Å²) in [6.45, 7) is 6.83. The van der Waals surface area contributed by atoms with Crippen molar-refractivity contribution in [3.63, 3.8) is 0 Å². The molecule has 0 bridgehead atoms. The normalized spacial score (nSPS) is 13.2. The third-order valence-electron chi connectivity index (χ3n) is 7.26. The van der Waals surface area contributed by atoms with Gasteiger partial charge < -0.3 is 9.47 Å². The average Bonchev–Trinajstić information content (AvgIpc) is 3.00. The van der Waals surface area contributed by atoms with Crippen molar-refractivity contribution in [2.24, 2.45) is 5.92 Å². The fourth-order valence-corrected chi connectivity index (χ4v) is 4.94. The number of rotatable bonds is 14. The molecule has 3 rings (SSSR count). The van der Waals surface area contributed by atoms with E-state index in [9.17, 15) is 20.1 Å². The number of esters is 2. The van der Waals surface area contributed by atoms with Crippen LogP contribution >= 0.6 is 0 Å². The minimum atomic E-state index is -0.712. The maximum atomic E-state index is 13.3. The molecule has 214 valence electrons. The second-order valence-corrected chi connectivity index (χ2v) is 10.1. The molecule has 2 aromatic carbocycles. The molecule has 0 amide bonds. The van der Waals surface area contributed by atoms with Gasteiger partial charge in [0.05, 0.1) is 31.2 Å². The molecule has 0 N–H and O–H groups in total. The van der Waals surface area contributed by atoms with Gasteiger partial charge in [-0.05, 0) is 29.5 Å². The van der Waals surface area contributed by atoms with Crippen LogP contribution in [-0.2, 0) is 19.1 Å². The molecule has 1 unspecified atom stereocenters. The van der Waals surface area contributed by atoms with Gasteiger partial charge in [-0.15, -0.1) is 0 Å². The summed E-state index contributed by atoms with van der Waals surface area (Å²) in [5.41, 5.74) is 0.376. The van der Waals surface area contributed by atoms with Gasteiger partial charge >= 0.3 is 11.9 Å². The van der Waals surface area contributed by atoms with Crippen LogP contribution < -0.4 is 10.4 Å². The summed E-state index contributed by atoms with van der Waals surface area (Å²) in [5.74, 6) is -0.981. The topological polar surface area (TPSA) is 126 Å². The van der Waals surface area contributed by atoms with Crippen molar-refractivity contribution in [3.8, 4) is 12.1 Å². The Morgan fingerprint density at radius 2 is 1.63 bits per heavy atom. The molecular weight excluding hydrogens is 516 g/mol. The van der Waals surface area contributed by atoms with E-state index in [1.54, 1.807) is 30.5 Å². The zero-order valence-electron chi connectivity index (χ0n) is 24.2. The van der Waals surface area contributed by atoms with Gasteiger partial charge in [-0.25, -0.2) is 14.8 Å². The highest BCUT2D eigenvalue weighted by Gasteiger charge is 2.20. The first kappa shape index (κ1) is 31.2. The van der Waals surface area contributed by atoms with Gasteiger partial charge in [-0.3, -0.25) is 4.79 Å². The third kappa shape index (κ3) is 7.89. The van der Waals surface area contributed by atoms with Crippen LogP contribution in [0.5, 0.6) is 0 Å². The number of unbranched alkanes of at least 4 members (excludes halogenated alkanes) is 4. The Labute approximate surface area is 241 Å². The first-order valence-corrected chi connectivity index (χ1v) is 14.5. The van der Waals surface area contributed by atoms with Crippen molar-refractivity contribution in [3.05, 3.63) is 47.2 Å². The quantitative estimate of drug-likeness (QED) is 0.147. The molecule has 0 aliphatic carbocycles. The Kier molecular flexibility index (Phi) is 12.3. The first-order chi connectivity index (χ1) is 20.0. The number of carbonyl (C=O) groups excluding carboxylic acids is 2. The van der Waals surface area contributed by atoms with Crippen molar-refractivity contribution in [2.45, 2.75) is 78.6 Å². The van der Waals surface area contributed by atoms with Crippen molar-refractivity contribution in [1.82, 2.24) is 9.97 Å². The Hall–Kier alpha value is -4.30. The van der Waals surface area contributed by atoms with E-state index in [1.807, 2.05) is 0 Å². The molecule has 3 aromatic rings. The van der Waals surface area contributed by atoms with Crippen LogP contribution in [0.4, 0.5) is 0 Å². The van der Waals surface area contributed by atoms with Crippen LogP contribution in [0.1, 0.15) is 78.6 Å². The van der Waals surface area contributed by atoms with Crippen LogP contribution in [0, 0.1) is 28.6 Å². The fourth-order valence-electron chi connectivity index (χ4n) is 4.94. The third-order valence-corrected chi connectivity index (χ3v) is 7.26. The number of aromatic nitrogens is 2. The maximum absolute atomic E-state index is 13.3.